The third-order valence-electron chi connectivity index (χ3n) is 6.00. The fourth-order valence-corrected chi connectivity index (χ4v) is 4.67. The first-order chi connectivity index (χ1) is 9.95. The molecule has 1 aromatic rings. The van der Waals surface area contributed by atoms with Gasteiger partial charge in [0.15, 0.2) is 0 Å². The van der Waals surface area contributed by atoms with E-state index in [4.69, 9.17) is 0 Å². The predicted molar refractivity (Wildman–Crippen MR) is 91.3 cm³/mol. The van der Waals surface area contributed by atoms with Crippen molar-refractivity contribution in [2.75, 3.05) is 19.3 Å². The van der Waals surface area contributed by atoms with Gasteiger partial charge in [0.05, 0.1) is 0 Å². The Hall–Kier alpha value is -0.670. The normalized spacial score (nSPS) is 33.5. The SMILES string of the molecule is CS[C@@H](C)CN1CC[C@@]2(C)c3cc(O)ccc3C[C@@H]1[C@H]2C. The molecule has 4 atom stereocenters. The standard InChI is InChI=1S/C18H27NOS/c1-12(21-4)11-19-8-7-18(3)13(2)17(19)9-14-5-6-15(20)10-16(14)18/h5-6,10,12-13,17,20H,7-9,11H2,1-4H3/t12-,13+,17+,18+/m0/s1. The molecule has 0 aromatic heterocycles. The molecule has 1 heterocycles. The summed E-state index contributed by atoms with van der Waals surface area (Å²) in [5.41, 5.74) is 3.06. The van der Waals surface area contributed by atoms with E-state index in [1.54, 1.807) is 0 Å². The van der Waals surface area contributed by atoms with Crippen LogP contribution in [0.25, 0.3) is 0 Å². The van der Waals surface area contributed by atoms with E-state index in [-0.39, 0.29) is 5.41 Å². The molecule has 1 aliphatic heterocycles. The topological polar surface area (TPSA) is 23.5 Å². The second-order valence-electron chi connectivity index (χ2n) is 7.11. The number of hydrogen-bond acceptors (Lipinski definition) is 3. The van der Waals surface area contributed by atoms with Gasteiger partial charge in [-0.05, 0) is 60.2 Å². The highest BCUT2D eigenvalue weighted by atomic mass is 32.2. The Morgan fingerprint density at radius 2 is 2.24 bits per heavy atom. The van der Waals surface area contributed by atoms with Crippen LogP contribution in [0.5, 0.6) is 5.75 Å². The van der Waals surface area contributed by atoms with Gasteiger partial charge in [0.2, 0.25) is 0 Å². The molecule has 0 saturated carbocycles. The molecule has 116 valence electrons. The van der Waals surface area contributed by atoms with Crippen LogP contribution in [0.2, 0.25) is 0 Å². The summed E-state index contributed by atoms with van der Waals surface area (Å²) in [5, 5.41) is 10.6. The lowest BCUT2D eigenvalue weighted by molar-refractivity contribution is 0.0325. The smallest absolute Gasteiger partial charge is 0.115 e. The molecule has 1 aromatic carbocycles. The highest BCUT2D eigenvalue weighted by Gasteiger charge is 2.48. The lowest BCUT2D eigenvalue weighted by atomic mass is 9.59. The Morgan fingerprint density at radius 1 is 1.48 bits per heavy atom. The van der Waals surface area contributed by atoms with Crippen LogP contribution in [0.4, 0.5) is 0 Å². The van der Waals surface area contributed by atoms with E-state index in [1.165, 1.54) is 30.6 Å². The molecular formula is C18H27NOS. The lowest BCUT2D eigenvalue weighted by Gasteiger charge is -2.55. The van der Waals surface area contributed by atoms with E-state index >= 15 is 0 Å². The van der Waals surface area contributed by atoms with Crippen LogP contribution in [0, 0.1) is 5.92 Å². The first-order valence-corrected chi connectivity index (χ1v) is 9.33. The number of rotatable bonds is 3. The van der Waals surface area contributed by atoms with Crippen molar-refractivity contribution in [3.05, 3.63) is 29.3 Å². The third-order valence-corrected chi connectivity index (χ3v) is 6.96. The molecule has 0 spiro atoms. The molecule has 3 rings (SSSR count). The van der Waals surface area contributed by atoms with Crippen molar-refractivity contribution >= 4 is 11.8 Å². The minimum atomic E-state index is 0.218. The van der Waals surface area contributed by atoms with E-state index in [9.17, 15) is 5.11 Å². The molecule has 3 heteroatoms. The molecule has 1 N–H and O–H groups in total. The molecule has 0 unspecified atom stereocenters. The Kier molecular flexibility index (Phi) is 4.00. The van der Waals surface area contributed by atoms with Gasteiger partial charge in [-0.2, -0.15) is 11.8 Å². The van der Waals surface area contributed by atoms with Gasteiger partial charge in [-0.3, -0.25) is 4.90 Å². The number of thioether (sulfide) groups is 1. The predicted octanol–water partition coefficient (Wildman–Crippen LogP) is 3.67. The molecule has 0 radical (unpaired) electrons. The van der Waals surface area contributed by atoms with Crippen LogP contribution in [0.3, 0.4) is 0 Å². The minimum Gasteiger partial charge on any atom is -0.508 e. The Labute approximate surface area is 132 Å². The van der Waals surface area contributed by atoms with Crippen LogP contribution < -0.4 is 0 Å². The summed E-state index contributed by atoms with van der Waals surface area (Å²) in [7, 11) is 0. The lowest BCUT2D eigenvalue weighted by Crippen LogP contribution is -2.58. The summed E-state index contributed by atoms with van der Waals surface area (Å²) in [5.74, 6) is 1.06. The second kappa shape index (κ2) is 5.51. The number of hydrogen-bond donors (Lipinski definition) is 1. The average molecular weight is 305 g/mol. The summed E-state index contributed by atoms with van der Waals surface area (Å²) in [6, 6.07) is 6.66. The summed E-state index contributed by atoms with van der Waals surface area (Å²) < 4.78 is 0. The first kappa shape index (κ1) is 15.2. The van der Waals surface area contributed by atoms with Crippen molar-refractivity contribution in [3.8, 4) is 5.75 Å². The first-order valence-electron chi connectivity index (χ1n) is 8.05. The van der Waals surface area contributed by atoms with Crippen LogP contribution in [0.1, 0.15) is 38.3 Å². The van der Waals surface area contributed by atoms with E-state index in [0.717, 1.165) is 6.42 Å². The molecule has 1 fully saturated rings. The fraction of sp³-hybridized carbons (Fsp3) is 0.667. The number of likely N-dealkylation sites (tertiary alicyclic amines) is 1. The van der Waals surface area contributed by atoms with Crippen LogP contribution in [-0.4, -0.2) is 40.6 Å². The summed E-state index contributed by atoms with van der Waals surface area (Å²) in [6.07, 6.45) is 4.54. The van der Waals surface area contributed by atoms with Crippen LogP contribution >= 0.6 is 11.8 Å². The van der Waals surface area contributed by atoms with E-state index in [1.807, 2.05) is 23.9 Å². The quantitative estimate of drug-likeness (QED) is 0.922. The highest BCUT2D eigenvalue weighted by Crippen LogP contribution is 2.49. The van der Waals surface area contributed by atoms with Crippen molar-refractivity contribution in [3.63, 3.8) is 0 Å². The maximum Gasteiger partial charge on any atom is 0.115 e. The van der Waals surface area contributed by atoms with Crippen LogP contribution in [-0.2, 0) is 11.8 Å². The molecule has 1 aliphatic carbocycles. The molecule has 2 aliphatic rings. The third kappa shape index (κ3) is 2.49. The maximum atomic E-state index is 9.88. The Bertz CT molecular complexity index is 532. The van der Waals surface area contributed by atoms with Crippen molar-refractivity contribution in [2.24, 2.45) is 5.92 Å². The largest absolute Gasteiger partial charge is 0.508 e. The Balaban J connectivity index is 1.94. The monoisotopic (exact) mass is 305 g/mol. The van der Waals surface area contributed by atoms with Crippen molar-refractivity contribution < 1.29 is 5.11 Å². The summed E-state index contributed by atoms with van der Waals surface area (Å²) in [4.78, 5) is 2.71. The van der Waals surface area contributed by atoms with Gasteiger partial charge in [0, 0.05) is 17.8 Å². The molecular weight excluding hydrogens is 278 g/mol. The zero-order chi connectivity index (χ0) is 15.2. The van der Waals surface area contributed by atoms with Crippen molar-refractivity contribution in [1.82, 2.24) is 4.90 Å². The average Bonchev–Trinajstić information content (AvgIpc) is 2.46. The van der Waals surface area contributed by atoms with Gasteiger partial charge in [-0.25, -0.2) is 0 Å². The number of phenols is 1. The van der Waals surface area contributed by atoms with E-state index in [0.29, 0.717) is 23.0 Å². The molecule has 2 nitrogen and oxygen atoms in total. The van der Waals surface area contributed by atoms with E-state index in [2.05, 4.69) is 38.0 Å². The zero-order valence-corrected chi connectivity index (χ0v) is 14.4. The Morgan fingerprint density at radius 3 is 2.95 bits per heavy atom. The highest BCUT2D eigenvalue weighted by molar-refractivity contribution is 7.99. The maximum absolute atomic E-state index is 9.88. The van der Waals surface area contributed by atoms with Gasteiger partial charge in [-0.15, -0.1) is 0 Å². The number of aromatic hydroxyl groups is 1. The molecule has 1 saturated heterocycles. The number of phenolic OH excluding ortho intramolecular Hbond substituents is 1. The van der Waals surface area contributed by atoms with Crippen LogP contribution in [0.15, 0.2) is 18.2 Å². The second-order valence-corrected chi connectivity index (χ2v) is 8.39. The van der Waals surface area contributed by atoms with Gasteiger partial charge < -0.3 is 5.11 Å². The van der Waals surface area contributed by atoms with Crippen molar-refractivity contribution in [1.29, 1.82) is 0 Å². The minimum absolute atomic E-state index is 0.218. The van der Waals surface area contributed by atoms with Gasteiger partial charge in [0.25, 0.3) is 0 Å². The van der Waals surface area contributed by atoms with E-state index < -0.39 is 0 Å². The zero-order valence-electron chi connectivity index (χ0n) is 13.6. The number of benzene rings is 1. The molecule has 2 bridgehead atoms. The number of piperidine rings is 1. The molecule has 21 heavy (non-hydrogen) atoms. The number of fused-ring (bicyclic) bond motifs is 4. The summed E-state index contributed by atoms with van der Waals surface area (Å²) >= 11 is 1.96. The van der Waals surface area contributed by atoms with Gasteiger partial charge in [-0.1, -0.05) is 26.8 Å². The molecule has 0 amide bonds. The van der Waals surface area contributed by atoms with Gasteiger partial charge in [0.1, 0.15) is 5.75 Å². The number of nitrogens with zero attached hydrogens (tertiary/aromatic N) is 1. The van der Waals surface area contributed by atoms with Crippen molar-refractivity contribution in [2.45, 2.75) is 50.3 Å². The van der Waals surface area contributed by atoms with Gasteiger partial charge >= 0.3 is 0 Å². The fourth-order valence-electron chi connectivity index (χ4n) is 4.33. The summed E-state index contributed by atoms with van der Waals surface area (Å²) in [6.45, 7) is 9.52.